The molecule has 0 unspecified atom stereocenters. The molecule has 0 radical (unpaired) electrons. The summed E-state index contributed by atoms with van der Waals surface area (Å²) in [7, 11) is -0.999. The third kappa shape index (κ3) is 12.7. The highest BCUT2D eigenvalue weighted by molar-refractivity contribution is 7.91. The maximum Gasteiger partial charge on any atom is 0.391 e. The van der Waals surface area contributed by atoms with E-state index < -0.39 is 88.9 Å². The van der Waals surface area contributed by atoms with Crippen molar-refractivity contribution in [1.82, 2.24) is 19.8 Å². The molecule has 2 aromatic carbocycles. The van der Waals surface area contributed by atoms with Crippen LogP contribution in [0, 0.1) is 23.5 Å². The average Bonchev–Trinajstić information content (AvgIpc) is 3.88. The first-order valence-electron chi connectivity index (χ1n) is 19.0. The van der Waals surface area contributed by atoms with Crippen molar-refractivity contribution >= 4 is 76.9 Å². The van der Waals surface area contributed by atoms with Crippen molar-refractivity contribution in [1.29, 1.82) is 0 Å². The fourth-order valence-corrected chi connectivity index (χ4v) is 13.0. The minimum absolute atomic E-state index is 0.0144. The summed E-state index contributed by atoms with van der Waals surface area (Å²) in [4.78, 5) is 10.3. The van der Waals surface area contributed by atoms with Gasteiger partial charge in [-0.25, -0.2) is 35.6 Å². The molecule has 344 valence electrons. The Morgan fingerprint density at radius 1 is 0.645 bits per heavy atom. The Morgan fingerprint density at radius 3 is 1.29 bits per heavy atom. The Kier molecular flexibility index (Phi) is 16.3. The Labute approximate surface area is 372 Å². The van der Waals surface area contributed by atoms with Gasteiger partial charge in [-0.3, -0.25) is 0 Å². The molecule has 24 heteroatoms. The Bertz CT molecular complexity index is 2190. The number of aromatic nitrogens is 2. The molecule has 2 saturated carbocycles. The molecule has 0 spiro atoms. The standard InChI is InChI=1S/2C19H22ClF4N3O2S2/c2*1-27(2)16-4-3-11(19(22,23)24)7-15(16)26-14-9-13(21)17(8-12(14)20)31(28,29)10-18-25-5-6-30-18/h2*5-6,8-9,11,15-16,26H,3-4,7,10H2,1-2H3/t2*11-,15+,16+/m10/s1. The van der Waals surface area contributed by atoms with Crippen molar-refractivity contribution in [2.75, 3.05) is 38.8 Å². The van der Waals surface area contributed by atoms with E-state index in [1.165, 1.54) is 12.4 Å². The second-order valence-corrected chi connectivity index (χ2v) is 22.3. The van der Waals surface area contributed by atoms with E-state index in [0.29, 0.717) is 22.9 Å². The van der Waals surface area contributed by atoms with Crippen LogP contribution in [0.3, 0.4) is 0 Å². The molecule has 0 bridgehead atoms. The molecule has 2 heterocycles. The van der Waals surface area contributed by atoms with Crippen LogP contribution in [0.25, 0.3) is 0 Å². The van der Waals surface area contributed by atoms with Crippen molar-refractivity contribution in [3.8, 4) is 0 Å². The molecular formula is C38H44Cl2F8N6O4S4. The van der Waals surface area contributed by atoms with Crippen LogP contribution in [-0.4, -0.2) is 101 Å². The number of alkyl halides is 6. The first kappa shape index (κ1) is 50.1. The number of sulfone groups is 2. The molecule has 6 atom stereocenters. The average molecular weight is 1000 g/mol. The van der Waals surface area contributed by atoms with Crippen LogP contribution in [0.5, 0.6) is 0 Å². The van der Waals surface area contributed by atoms with Gasteiger partial charge in [0.15, 0.2) is 19.7 Å². The number of hydrogen-bond acceptors (Lipinski definition) is 12. The third-order valence-electron chi connectivity index (χ3n) is 10.9. The van der Waals surface area contributed by atoms with Gasteiger partial charge in [0, 0.05) is 47.3 Å². The minimum atomic E-state index is -4.32. The SMILES string of the molecule is CN(C)[C@@H]1CC[C@H](C(F)(F)F)C[C@H]1Nc1cc(F)c(S(=O)(=O)Cc2nccs2)cc1Cl.CN(C)[C@H]1CC[C@@H](C(F)(F)F)C[C@@H]1Nc1cc(F)c(S(=O)(=O)Cc2nccs2)cc1Cl. The van der Waals surface area contributed by atoms with Gasteiger partial charge in [0.05, 0.1) is 33.3 Å². The lowest BCUT2D eigenvalue weighted by molar-refractivity contribution is -0.185. The lowest BCUT2D eigenvalue weighted by Gasteiger charge is -2.41. The fraction of sp³-hybridized carbons (Fsp3) is 0.526. The van der Waals surface area contributed by atoms with E-state index in [0.717, 1.165) is 46.9 Å². The van der Waals surface area contributed by atoms with E-state index in [9.17, 15) is 52.0 Å². The second-order valence-electron chi connectivity index (χ2n) is 15.6. The Hall–Kier alpha value is -2.86. The molecule has 2 aliphatic rings. The van der Waals surface area contributed by atoms with Gasteiger partial charge in [-0.1, -0.05) is 23.2 Å². The number of likely N-dealkylation sites (N-methyl/N-ethyl adjacent to an activating group) is 2. The molecule has 4 aromatic rings. The summed E-state index contributed by atoms with van der Waals surface area (Å²) in [6.45, 7) is 0. The topological polar surface area (TPSA) is 125 Å². The van der Waals surface area contributed by atoms with Crippen LogP contribution in [0.1, 0.15) is 48.5 Å². The monoisotopic (exact) mass is 998 g/mol. The summed E-state index contributed by atoms with van der Waals surface area (Å²) in [6, 6.07) is 2.16. The largest absolute Gasteiger partial charge is 0.391 e. The van der Waals surface area contributed by atoms with Gasteiger partial charge >= 0.3 is 12.4 Å². The molecule has 0 aliphatic heterocycles. The van der Waals surface area contributed by atoms with Gasteiger partial charge in [0.25, 0.3) is 0 Å². The van der Waals surface area contributed by atoms with Crippen molar-refractivity contribution in [2.24, 2.45) is 11.8 Å². The molecule has 0 amide bonds. The molecule has 2 aliphatic carbocycles. The summed E-state index contributed by atoms with van der Waals surface area (Å²) in [5.41, 5.74) is 0.124. The molecule has 10 nitrogen and oxygen atoms in total. The maximum atomic E-state index is 14.7. The third-order valence-corrected chi connectivity index (χ3v) is 16.7. The van der Waals surface area contributed by atoms with E-state index in [2.05, 4.69) is 20.6 Å². The number of rotatable bonds is 12. The molecule has 0 saturated heterocycles. The predicted octanol–water partition coefficient (Wildman–Crippen LogP) is 9.97. The zero-order valence-electron chi connectivity index (χ0n) is 33.6. The van der Waals surface area contributed by atoms with Crippen LogP contribution in [0.15, 0.2) is 57.2 Å². The minimum Gasteiger partial charge on any atom is -0.379 e. The fourth-order valence-electron chi connectivity index (χ4n) is 7.73. The zero-order chi connectivity index (χ0) is 45.9. The summed E-state index contributed by atoms with van der Waals surface area (Å²) in [5, 5.41) is 9.55. The van der Waals surface area contributed by atoms with E-state index in [4.69, 9.17) is 23.2 Å². The number of hydrogen-bond donors (Lipinski definition) is 2. The summed E-state index contributed by atoms with van der Waals surface area (Å²) in [5.74, 6) is -5.92. The second kappa shape index (κ2) is 20.1. The van der Waals surface area contributed by atoms with Crippen molar-refractivity contribution in [3.63, 3.8) is 0 Å². The van der Waals surface area contributed by atoms with Crippen LogP contribution >= 0.6 is 45.9 Å². The molecule has 6 rings (SSSR count). The molecule has 2 aromatic heterocycles. The summed E-state index contributed by atoms with van der Waals surface area (Å²) < 4.78 is 159. The predicted molar refractivity (Wildman–Crippen MR) is 225 cm³/mol. The molecular weight excluding hydrogens is 956 g/mol. The number of thiazole rings is 2. The van der Waals surface area contributed by atoms with E-state index >= 15 is 0 Å². The molecule has 2 N–H and O–H groups in total. The van der Waals surface area contributed by atoms with Crippen molar-refractivity contribution in [2.45, 2.75) is 96.3 Å². The van der Waals surface area contributed by atoms with Crippen LogP contribution in [-0.2, 0) is 31.2 Å². The van der Waals surface area contributed by atoms with Crippen LogP contribution in [0.4, 0.5) is 46.5 Å². The highest BCUT2D eigenvalue weighted by Crippen LogP contribution is 2.42. The molecule has 62 heavy (non-hydrogen) atoms. The highest BCUT2D eigenvalue weighted by atomic mass is 35.5. The van der Waals surface area contributed by atoms with E-state index in [-0.39, 0.29) is 59.2 Å². The number of benzene rings is 2. The summed E-state index contributed by atoms with van der Waals surface area (Å²) >= 11 is 14.7. The van der Waals surface area contributed by atoms with Gasteiger partial charge in [-0.2, -0.15) is 26.3 Å². The normalized spacial score (nSPS) is 22.6. The number of nitrogens with one attached hydrogen (secondary N) is 2. The van der Waals surface area contributed by atoms with Gasteiger partial charge in [0.1, 0.15) is 42.9 Å². The first-order chi connectivity index (χ1) is 28.8. The number of nitrogens with zero attached hydrogens (tertiary/aromatic N) is 4. The van der Waals surface area contributed by atoms with Crippen molar-refractivity contribution < 1.29 is 52.0 Å². The Morgan fingerprint density at radius 2 is 1.00 bits per heavy atom. The van der Waals surface area contributed by atoms with E-state index in [1.807, 2.05) is 9.80 Å². The number of halogens is 10. The van der Waals surface area contributed by atoms with Gasteiger partial charge in [0.2, 0.25) is 0 Å². The van der Waals surface area contributed by atoms with Gasteiger partial charge in [-0.05, 0) is 91.0 Å². The smallest absolute Gasteiger partial charge is 0.379 e. The lowest BCUT2D eigenvalue weighted by atomic mass is 9.81. The highest BCUT2D eigenvalue weighted by Gasteiger charge is 2.47. The lowest BCUT2D eigenvalue weighted by Crippen LogP contribution is -2.49. The van der Waals surface area contributed by atoms with E-state index in [1.54, 1.807) is 39.0 Å². The number of anilines is 2. The van der Waals surface area contributed by atoms with Crippen LogP contribution in [0.2, 0.25) is 10.0 Å². The van der Waals surface area contributed by atoms with Gasteiger partial charge in [-0.15, -0.1) is 22.7 Å². The first-order valence-corrected chi connectivity index (χ1v) is 24.8. The van der Waals surface area contributed by atoms with Crippen LogP contribution < -0.4 is 10.6 Å². The zero-order valence-corrected chi connectivity index (χ0v) is 38.4. The van der Waals surface area contributed by atoms with Crippen molar-refractivity contribution in [3.05, 3.63) is 79.1 Å². The Balaban J connectivity index is 0.000000234. The maximum absolute atomic E-state index is 14.7. The molecule has 2 fully saturated rings. The quantitative estimate of drug-likeness (QED) is 0.133. The summed E-state index contributed by atoms with van der Waals surface area (Å²) in [6.07, 6.45) is -5.45. The van der Waals surface area contributed by atoms with Gasteiger partial charge < -0.3 is 20.4 Å².